The largest absolute Gasteiger partial charge is 0.365 e. The van der Waals surface area contributed by atoms with Crippen LogP contribution in [0.2, 0.25) is 0 Å². The van der Waals surface area contributed by atoms with Crippen LogP contribution in [0.25, 0.3) is 10.9 Å². The van der Waals surface area contributed by atoms with Crippen LogP contribution in [0.5, 0.6) is 0 Å². The topological polar surface area (TPSA) is 99.2 Å². The van der Waals surface area contributed by atoms with Crippen LogP contribution in [0.4, 0.5) is 27.8 Å². The molecule has 5 aromatic rings. The number of nitrogens with one attached hydrogen (secondary N) is 2. The molecule has 0 atom stereocenters. The molecule has 3 heterocycles. The third-order valence-corrected chi connectivity index (χ3v) is 7.02. The van der Waals surface area contributed by atoms with Crippen LogP contribution in [-0.2, 0) is 6.54 Å². The first-order valence-electron chi connectivity index (χ1n) is 13.5. The zero-order valence-electron chi connectivity index (χ0n) is 22.6. The van der Waals surface area contributed by atoms with Crippen molar-refractivity contribution in [2.45, 2.75) is 13.5 Å². The van der Waals surface area contributed by atoms with E-state index in [-0.39, 0.29) is 11.7 Å². The van der Waals surface area contributed by atoms with Gasteiger partial charge >= 0.3 is 0 Å². The Hall–Kier alpha value is -5.12. The van der Waals surface area contributed by atoms with Gasteiger partial charge in [0.2, 0.25) is 11.9 Å². The Labute approximate surface area is 237 Å². The molecule has 1 amide bonds. The summed E-state index contributed by atoms with van der Waals surface area (Å²) in [6.07, 6.45) is 3.53. The summed E-state index contributed by atoms with van der Waals surface area (Å²) >= 11 is 0. The van der Waals surface area contributed by atoms with Crippen molar-refractivity contribution < 1.29 is 9.18 Å². The molecule has 1 saturated heterocycles. The lowest BCUT2D eigenvalue weighted by Crippen LogP contribution is -2.47. The molecule has 0 spiro atoms. The Balaban J connectivity index is 1.15. The van der Waals surface area contributed by atoms with Gasteiger partial charge in [-0.2, -0.15) is 4.98 Å². The number of hydrogen-bond donors (Lipinski definition) is 2. The third-order valence-electron chi connectivity index (χ3n) is 7.02. The first kappa shape index (κ1) is 26.1. The Morgan fingerprint density at radius 3 is 2.24 bits per heavy atom. The van der Waals surface area contributed by atoms with Crippen molar-refractivity contribution in [3.05, 3.63) is 108 Å². The van der Waals surface area contributed by atoms with Gasteiger partial charge in [-0.3, -0.25) is 4.79 Å². The summed E-state index contributed by atoms with van der Waals surface area (Å²) in [7, 11) is 0. The van der Waals surface area contributed by atoms with Crippen molar-refractivity contribution in [3.8, 4) is 0 Å². The molecule has 9 nitrogen and oxygen atoms in total. The monoisotopic (exact) mass is 548 g/mol. The highest BCUT2D eigenvalue weighted by Gasteiger charge is 2.22. The number of hydrogen-bond acceptors (Lipinski definition) is 8. The van der Waals surface area contributed by atoms with E-state index >= 15 is 0 Å². The average molecular weight is 549 g/mol. The summed E-state index contributed by atoms with van der Waals surface area (Å²) in [5.41, 5.74) is 4.12. The Kier molecular flexibility index (Phi) is 7.36. The van der Waals surface area contributed by atoms with E-state index in [4.69, 9.17) is 9.97 Å². The molecule has 0 aliphatic carbocycles. The highest BCUT2D eigenvalue weighted by molar-refractivity contribution is 6.04. The van der Waals surface area contributed by atoms with Crippen molar-refractivity contribution in [3.63, 3.8) is 0 Å². The molecular weight excluding hydrogens is 519 g/mol. The molecule has 1 aliphatic heterocycles. The van der Waals surface area contributed by atoms with Crippen molar-refractivity contribution in [1.82, 2.24) is 19.9 Å². The molecule has 206 valence electrons. The van der Waals surface area contributed by atoms with Crippen LogP contribution in [0, 0.1) is 12.7 Å². The fourth-order valence-corrected chi connectivity index (χ4v) is 4.76. The second kappa shape index (κ2) is 11.5. The van der Waals surface area contributed by atoms with E-state index < -0.39 is 0 Å². The van der Waals surface area contributed by atoms with Crippen molar-refractivity contribution in [2.75, 3.05) is 46.6 Å². The van der Waals surface area contributed by atoms with Gasteiger partial charge in [0, 0.05) is 61.8 Å². The summed E-state index contributed by atoms with van der Waals surface area (Å²) in [6, 6.07) is 21.1. The minimum absolute atomic E-state index is 0.289. The zero-order valence-corrected chi connectivity index (χ0v) is 22.6. The second-order valence-corrected chi connectivity index (χ2v) is 9.93. The number of piperazine rings is 1. The molecule has 6 rings (SSSR count). The lowest BCUT2D eigenvalue weighted by molar-refractivity contribution is 0.102. The summed E-state index contributed by atoms with van der Waals surface area (Å²) < 4.78 is 13.2. The molecule has 0 radical (unpaired) electrons. The molecule has 1 aliphatic rings. The number of carbonyl (C=O) groups excluding carboxylic acids is 1. The minimum Gasteiger partial charge on any atom is -0.365 e. The molecule has 2 N–H and O–H groups in total. The molecule has 10 heteroatoms. The maximum atomic E-state index is 13.2. The first-order chi connectivity index (χ1) is 20.0. The van der Waals surface area contributed by atoms with E-state index in [0.29, 0.717) is 23.7 Å². The molecule has 41 heavy (non-hydrogen) atoms. The minimum atomic E-state index is -0.377. The van der Waals surface area contributed by atoms with Gasteiger partial charge in [0.15, 0.2) is 0 Å². The maximum absolute atomic E-state index is 13.2. The summed E-state index contributed by atoms with van der Waals surface area (Å²) in [5.74, 6) is 1.54. The predicted octanol–water partition coefficient (Wildman–Crippen LogP) is 5.06. The van der Waals surface area contributed by atoms with E-state index in [1.807, 2.05) is 30.3 Å². The fraction of sp³-hybridized carbons (Fsp3) is 0.194. The zero-order chi connectivity index (χ0) is 28.2. The van der Waals surface area contributed by atoms with Gasteiger partial charge in [0.1, 0.15) is 11.6 Å². The van der Waals surface area contributed by atoms with E-state index in [2.05, 4.69) is 55.5 Å². The molecule has 2 aromatic heterocycles. The number of aromatic nitrogens is 4. The molecule has 0 unspecified atom stereocenters. The Bertz CT molecular complexity index is 1650. The number of fused-ring (bicyclic) bond motifs is 1. The quantitative estimate of drug-likeness (QED) is 0.291. The number of benzene rings is 3. The Morgan fingerprint density at radius 1 is 0.854 bits per heavy atom. The van der Waals surface area contributed by atoms with E-state index in [9.17, 15) is 9.18 Å². The number of aryl methyl sites for hydroxylation is 1. The van der Waals surface area contributed by atoms with Gasteiger partial charge in [0.25, 0.3) is 5.91 Å². The maximum Gasteiger partial charge on any atom is 0.255 e. The summed E-state index contributed by atoms with van der Waals surface area (Å²) in [4.78, 5) is 35.4. The van der Waals surface area contributed by atoms with E-state index in [1.165, 1.54) is 24.3 Å². The molecule has 0 saturated carbocycles. The SMILES string of the molecule is Cc1ccc2c(NCc3ccc(NC(=O)c4ccc(F)cc4)cc3)nc(N3CCN(c4ncccn4)CC3)nc2c1. The number of nitrogens with zero attached hydrogens (tertiary/aromatic N) is 6. The van der Waals surface area contributed by atoms with Gasteiger partial charge in [0.05, 0.1) is 5.52 Å². The Morgan fingerprint density at radius 2 is 1.54 bits per heavy atom. The van der Waals surface area contributed by atoms with Gasteiger partial charge in [-0.05, 0) is 72.6 Å². The summed E-state index contributed by atoms with van der Waals surface area (Å²) in [6.45, 7) is 5.70. The van der Waals surface area contributed by atoms with Gasteiger partial charge < -0.3 is 20.4 Å². The lowest BCUT2D eigenvalue weighted by atomic mass is 10.1. The normalized spacial score (nSPS) is 13.3. The van der Waals surface area contributed by atoms with E-state index in [1.54, 1.807) is 12.4 Å². The van der Waals surface area contributed by atoms with Crippen LogP contribution < -0.4 is 20.4 Å². The smallest absolute Gasteiger partial charge is 0.255 e. The van der Waals surface area contributed by atoms with Crippen LogP contribution in [0.1, 0.15) is 21.5 Å². The first-order valence-corrected chi connectivity index (χ1v) is 13.5. The van der Waals surface area contributed by atoms with Crippen LogP contribution in [0.15, 0.2) is 85.2 Å². The average Bonchev–Trinajstić information content (AvgIpc) is 3.01. The fourth-order valence-electron chi connectivity index (χ4n) is 4.76. The number of anilines is 4. The van der Waals surface area contributed by atoms with Gasteiger partial charge in [-0.1, -0.05) is 18.2 Å². The second-order valence-electron chi connectivity index (χ2n) is 9.93. The standard InChI is InChI=1S/C31H29FN8O/c1-21-3-12-26-27(19-21)37-31(40-17-15-39(16-18-40)30-33-13-2-14-34-30)38-28(26)35-20-22-4-10-25(11-5-22)36-29(41)23-6-8-24(32)9-7-23/h2-14,19H,15-18,20H2,1H3,(H,36,41)(H,35,37,38). The van der Waals surface area contributed by atoms with E-state index in [0.717, 1.165) is 60.0 Å². The molecule has 1 fully saturated rings. The highest BCUT2D eigenvalue weighted by atomic mass is 19.1. The number of amides is 1. The van der Waals surface area contributed by atoms with Crippen LogP contribution in [0.3, 0.4) is 0 Å². The lowest BCUT2D eigenvalue weighted by Gasteiger charge is -2.34. The number of halogens is 1. The van der Waals surface area contributed by atoms with Crippen LogP contribution in [-0.4, -0.2) is 52.0 Å². The third kappa shape index (κ3) is 6.06. The highest BCUT2D eigenvalue weighted by Crippen LogP contribution is 2.26. The molecular formula is C31H29FN8O. The summed E-state index contributed by atoms with van der Waals surface area (Å²) in [5, 5.41) is 7.30. The molecule has 0 bridgehead atoms. The van der Waals surface area contributed by atoms with Crippen molar-refractivity contribution >= 4 is 40.2 Å². The number of carbonyl (C=O) groups is 1. The van der Waals surface area contributed by atoms with Gasteiger partial charge in [-0.25, -0.2) is 19.3 Å². The van der Waals surface area contributed by atoms with Crippen molar-refractivity contribution in [2.24, 2.45) is 0 Å². The molecule has 3 aromatic carbocycles. The van der Waals surface area contributed by atoms with Crippen LogP contribution >= 0.6 is 0 Å². The predicted molar refractivity (Wildman–Crippen MR) is 159 cm³/mol. The van der Waals surface area contributed by atoms with Crippen molar-refractivity contribution in [1.29, 1.82) is 0 Å². The number of rotatable bonds is 7. The van der Waals surface area contributed by atoms with Gasteiger partial charge in [-0.15, -0.1) is 0 Å².